The van der Waals surface area contributed by atoms with Gasteiger partial charge in [-0.1, -0.05) is 6.92 Å². The molecule has 0 unspecified atom stereocenters. The summed E-state index contributed by atoms with van der Waals surface area (Å²) in [5.41, 5.74) is 0. The maximum Gasteiger partial charge on any atom is 0.206 e. The van der Waals surface area contributed by atoms with Crippen LogP contribution < -0.4 is 4.74 Å². The highest BCUT2D eigenvalue weighted by atomic mass is 19.2. The molecule has 0 aliphatic carbocycles. The molecule has 102 valence electrons. The zero-order valence-electron chi connectivity index (χ0n) is 9.53. The van der Waals surface area contributed by atoms with Crippen LogP contribution in [0.2, 0.25) is 0 Å². The number of hydrogen-bond acceptors (Lipinski definition) is 2. The molecule has 0 N–H and O–H groups in total. The van der Waals surface area contributed by atoms with Crippen LogP contribution in [-0.2, 0) is 4.74 Å². The van der Waals surface area contributed by atoms with Gasteiger partial charge < -0.3 is 9.47 Å². The van der Waals surface area contributed by atoms with Crippen LogP contribution in [-0.4, -0.2) is 19.8 Å². The van der Waals surface area contributed by atoms with Crippen molar-refractivity contribution < 1.29 is 31.4 Å². The van der Waals surface area contributed by atoms with Crippen molar-refractivity contribution >= 4 is 0 Å². The van der Waals surface area contributed by atoms with Crippen molar-refractivity contribution in [2.24, 2.45) is 0 Å². The summed E-state index contributed by atoms with van der Waals surface area (Å²) >= 11 is 0. The lowest BCUT2D eigenvalue weighted by Gasteiger charge is -2.10. The lowest BCUT2D eigenvalue weighted by Crippen LogP contribution is -2.12. The van der Waals surface area contributed by atoms with Gasteiger partial charge in [0.2, 0.25) is 29.1 Å². The minimum absolute atomic E-state index is 0.00661. The van der Waals surface area contributed by atoms with Gasteiger partial charge in [-0.3, -0.25) is 0 Å². The van der Waals surface area contributed by atoms with E-state index in [4.69, 9.17) is 4.74 Å². The maximum absolute atomic E-state index is 13.1. The highest BCUT2D eigenvalue weighted by Crippen LogP contribution is 2.28. The Hall–Kier alpha value is -1.37. The van der Waals surface area contributed by atoms with E-state index in [0.717, 1.165) is 6.42 Å². The zero-order valence-corrected chi connectivity index (χ0v) is 9.53. The van der Waals surface area contributed by atoms with Gasteiger partial charge >= 0.3 is 0 Å². The molecular formula is C11H11F5O2. The normalized spacial score (nSPS) is 10.8. The first-order chi connectivity index (χ1) is 8.50. The van der Waals surface area contributed by atoms with Gasteiger partial charge in [0.05, 0.1) is 6.61 Å². The van der Waals surface area contributed by atoms with Gasteiger partial charge in [-0.25, -0.2) is 13.2 Å². The van der Waals surface area contributed by atoms with Gasteiger partial charge in [-0.2, -0.15) is 8.78 Å². The Labute approximate surface area is 100 Å². The number of ether oxygens (including phenoxy) is 2. The Morgan fingerprint density at radius 3 is 1.72 bits per heavy atom. The van der Waals surface area contributed by atoms with Gasteiger partial charge in [0.1, 0.15) is 6.61 Å². The fourth-order valence-electron chi connectivity index (χ4n) is 1.16. The highest BCUT2D eigenvalue weighted by Gasteiger charge is 2.26. The molecule has 2 nitrogen and oxygen atoms in total. The standard InChI is InChI=1S/C11H11F5O2/c1-2-3-17-4-5-18-11-9(15)7(13)6(12)8(14)10(11)16/h2-5H2,1H3. The molecule has 1 aromatic carbocycles. The SMILES string of the molecule is CCCOCCOc1c(F)c(F)c(F)c(F)c1F. The third-order valence-corrected chi connectivity index (χ3v) is 1.99. The molecule has 0 saturated heterocycles. The third-order valence-electron chi connectivity index (χ3n) is 1.99. The van der Waals surface area contributed by atoms with Gasteiger partial charge in [0, 0.05) is 6.61 Å². The second kappa shape index (κ2) is 6.53. The number of halogens is 5. The molecule has 1 aromatic rings. The lowest BCUT2D eigenvalue weighted by atomic mass is 10.2. The van der Waals surface area contributed by atoms with E-state index in [2.05, 4.69) is 4.74 Å². The summed E-state index contributed by atoms with van der Waals surface area (Å²) in [6, 6.07) is 0. The Kier molecular flexibility index (Phi) is 5.33. The molecule has 0 heterocycles. The monoisotopic (exact) mass is 270 g/mol. The molecule has 18 heavy (non-hydrogen) atoms. The van der Waals surface area contributed by atoms with E-state index < -0.39 is 34.8 Å². The van der Waals surface area contributed by atoms with Crippen LogP contribution in [0.5, 0.6) is 5.75 Å². The molecule has 0 bridgehead atoms. The molecule has 0 amide bonds. The predicted molar refractivity (Wildman–Crippen MR) is 52.8 cm³/mol. The summed E-state index contributed by atoms with van der Waals surface area (Å²) in [7, 11) is 0. The first kappa shape index (κ1) is 14.7. The molecule has 0 aromatic heterocycles. The number of rotatable bonds is 6. The average Bonchev–Trinajstić information content (AvgIpc) is 2.37. The van der Waals surface area contributed by atoms with E-state index in [1.165, 1.54) is 0 Å². The molecule has 7 heteroatoms. The van der Waals surface area contributed by atoms with Crippen LogP contribution in [0, 0.1) is 29.1 Å². The molecule has 0 aliphatic rings. The number of hydrogen-bond donors (Lipinski definition) is 0. The van der Waals surface area contributed by atoms with E-state index in [9.17, 15) is 22.0 Å². The van der Waals surface area contributed by atoms with Crippen molar-refractivity contribution in [1.82, 2.24) is 0 Å². The minimum atomic E-state index is -2.21. The summed E-state index contributed by atoms with van der Waals surface area (Å²) in [6.45, 7) is 1.96. The summed E-state index contributed by atoms with van der Waals surface area (Å²) in [5.74, 6) is -11.5. The minimum Gasteiger partial charge on any atom is -0.485 e. The van der Waals surface area contributed by atoms with Crippen molar-refractivity contribution in [2.75, 3.05) is 19.8 Å². The Morgan fingerprint density at radius 1 is 0.722 bits per heavy atom. The van der Waals surface area contributed by atoms with Crippen LogP contribution in [0.25, 0.3) is 0 Å². The topological polar surface area (TPSA) is 18.5 Å². The first-order valence-corrected chi connectivity index (χ1v) is 5.22. The van der Waals surface area contributed by atoms with Crippen LogP contribution in [0.4, 0.5) is 22.0 Å². The molecule has 0 spiro atoms. The van der Waals surface area contributed by atoms with Crippen LogP contribution in [0.15, 0.2) is 0 Å². The zero-order chi connectivity index (χ0) is 13.7. The lowest BCUT2D eigenvalue weighted by molar-refractivity contribution is 0.0964. The average molecular weight is 270 g/mol. The van der Waals surface area contributed by atoms with Crippen LogP contribution in [0.3, 0.4) is 0 Å². The van der Waals surface area contributed by atoms with E-state index in [1.54, 1.807) is 0 Å². The van der Waals surface area contributed by atoms with Gasteiger partial charge in [0.15, 0.2) is 5.75 Å². The fraction of sp³-hybridized carbons (Fsp3) is 0.455. The predicted octanol–water partition coefficient (Wildman–Crippen LogP) is 3.19. The summed E-state index contributed by atoms with van der Waals surface area (Å²) in [5, 5.41) is 0. The molecule has 0 aliphatic heterocycles. The quantitative estimate of drug-likeness (QED) is 0.342. The second-order valence-electron chi connectivity index (χ2n) is 3.36. The van der Waals surface area contributed by atoms with E-state index >= 15 is 0 Å². The van der Waals surface area contributed by atoms with Crippen molar-refractivity contribution in [3.05, 3.63) is 29.1 Å². The summed E-state index contributed by atoms with van der Waals surface area (Å²) in [4.78, 5) is 0. The first-order valence-electron chi connectivity index (χ1n) is 5.22. The van der Waals surface area contributed by atoms with E-state index in [1.807, 2.05) is 6.92 Å². The number of benzene rings is 1. The van der Waals surface area contributed by atoms with Crippen molar-refractivity contribution in [3.8, 4) is 5.75 Å². The van der Waals surface area contributed by atoms with Gasteiger partial charge in [-0.05, 0) is 6.42 Å². The van der Waals surface area contributed by atoms with E-state index in [0.29, 0.717) is 6.61 Å². The van der Waals surface area contributed by atoms with Crippen LogP contribution >= 0.6 is 0 Å². The highest BCUT2D eigenvalue weighted by molar-refractivity contribution is 5.29. The van der Waals surface area contributed by atoms with Crippen LogP contribution in [0.1, 0.15) is 13.3 Å². The van der Waals surface area contributed by atoms with Gasteiger partial charge in [-0.15, -0.1) is 0 Å². The molecule has 0 fully saturated rings. The van der Waals surface area contributed by atoms with Gasteiger partial charge in [0.25, 0.3) is 0 Å². The molecule has 0 radical (unpaired) electrons. The van der Waals surface area contributed by atoms with Crippen molar-refractivity contribution in [2.45, 2.75) is 13.3 Å². The van der Waals surface area contributed by atoms with Crippen molar-refractivity contribution in [1.29, 1.82) is 0 Å². The summed E-state index contributed by atoms with van der Waals surface area (Å²) in [6.07, 6.45) is 0.739. The smallest absolute Gasteiger partial charge is 0.206 e. The largest absolute Gasteiger partial charge is 0.485 e. The molecule has 0 atom stereocenters. The Morgan fingerprint density at radius 2 is 1.22 bits per heavy atom. The molecular weight excluding hydrogens is 259 g/mol. The molecule has 1 rings (SSSR count). The maximum atomic E-state index is 13.1. The fourth-order valence-corrected chi connectivity index (χ4v) is 1.16. The summed E-state index contributed by atoms with van der Waals surface area (Å²) < 4.78 is 73.8. The molecule has 0 saturated carbocycles. The van der Waals surface area contributed by atoms with Crippen molar-refractivity contribution in [3.63, 3.8) is 0 Å². The van der Waals surface area contributed by atoms with E-state index in [-0.39, 0.29) is 13.2 Å². The Balaban J connectivity index is 2.77. The third kappa shape index (κ3) is 3.10. The second-order valence-corrected chi connectivity index (χ2v) is 3.36. The Bertz CT molecular complexity index is 393.